The Kier molecular flexibility index (Phi) is 4.83. The van der Waals surface area contributed by atoms with Crippen molar-refractivity contribution in [2.24, 2.45) is 5.73 Å². The van der Waals surface area contributed by atoms with E-state index in [1.165, 1.54) is 12.1 Å². The number of rotatable bonds is 2. The molecule has 0 radical (unpaired) electrons. The molecule has 2 rings (SSSR count). The third-order valence-electron chi connectivity index (χ3n) is 2.66. The molecule has 0 fully saturated rings. The van der Waals surface area contributed by atoms with E-state index in [4.69, 9.17) is 17.3 Å². The minimum Gasteiger partial charge on any atom is -0.508 e. The molecule has 0 aromatic heterocycles. The summed E-state index contributed by atoms with van der Waals surface area (Å²) in [5.74, 6) is 5.27. The summed E-state index contributed by atoms with van der Waals surface area (Å²) < 4.78 is 0. The normalized spacial score (nSPS) is 9.62. The number of hydrogen-bond donors (Lipinski definition) is 3. The molecule has 0 aliphatic heterocycles. The van der Waals surface area contributed by atoms with E-state index >= 15 is 0 Å². The number of hydrogen-bond acceptors (Lipinski definition) is 3. The molecule has 0 spiro atoms. The summed E-state index contributed by atoms with van der Waals surface area (Å²) in [6, 6.07) is 11.1. The molecule has 0 aliphatic carbocycles. The van der Waals surface area contributed by atoms with Crippen LogP contribution in [-0.2, 0) is 0 Å². The van der Waals surface area contributed by atoms with Gasteiger partial charge in [0.05, 0.1) is 12.2 Å². The molecular weight excluding hydrogens is 288 g/mol. The van der Waals surface area contributed by atoms with E-state index in [0.717, 1.165) is 0 Å². The summed E-state index contributed by atoms with van der Waals surface area (Å²) in [7, 11) is 0. The smallest absolute Gasteiger partial charge is 0.255 e. The fourth-order valence-electron chi connectivity index (χ4n) is 1.72. The van der Waals surface area contributed by atoms with Crippen molar-refractivity contribution in [2.45, 2.75) is 0 Å². The minimum absolute atomic E-state index is 0.0249. The Labute approximate surface area is 127 Å². The van der Waals surface area contributed by atoms with E-state index in [1.54, 1.807) is 30.3 Å². The van der Waals surface area contributed by atoms with Crippen LogP contribution in [0, 0.1) is 11.8 Å². The molecule has 0 saturated carbocycles. The van der Waals surface area contributed by atoms with Gasteiger partial charge in [-0.25, -0.2) is 0 Å². The number of nitrogens with one attached hydrogen (secondary N) is 1. The fraction of sp³-hybridized carbons (Fsp3) is 0.0625. The number of carbonyl (C=O) groups is 1. The van der Waals surface area contributed by atoms with Crippen molar-refractivity contribution in [1.29, 1.82) is 0 Å². The monoisotopic (exact) mass is 300 g/mol. The molecular formula is C16H13ClN2O2. The number of nitrogens with two attached hydrogens (primary N) is 1. The summed E-state index contributed by atoms with van der Waals surface area (Å²) in [6.45, 7) is 0.225. The average molecular weight is 301 g/mol. The van der Waals surface area contributed by atoms with Gasteiger partial charge in [0.15, 0.2) is 0 Å². The van der Waals surface area contributed by atoms with Crippen LogP contribution < -0.4 is 11.1 Å². The van der Waals surface area contributed by atoms with Gasteiger partial charge in [0.25, 0.3) is 5.91 Å². The lowest BCUT2D eigenvalue weighted by atomic mass is 10.1. The molecule has 5 heteroatoms. The zero-order valence-corrected chi connectivity index (χ0v) is 11.8. The third kappa shape index (κ3) is 3.99. The zero-order chi connectivity index (χ0) is 15.2. The lowest BCUT2D eigenvalue weighted by molar-refractivity contribution is 0.102. The topological polar surface area (TPSA) is 75.3 Å². The number of aromatic hydroxyl groups is 1. The summed E-state index contributed by atoms with van der Waals surface area (Å²) >= 11 is 5.94. The molecule has 2 aromatic carbocycles. The van der Waals surface area contributed by atoms with Gasteiger partial charge in [0.2, 0.25) is 0 Å². The lowest BCUT2D eigenvalue weighted by Crippen LogP contribution is -2.12. The molecule has 0 saturated heterocycles. The maximum atomic E-state index is 12.2. The first kappa shape index (κ1) is 14.9. The number of phenols is 1. The molecule has 106 valence electrons. The van der Waals surface area contributed by atoms with Crippen LogP contribution in [0.25, 0.3) is 0 Å². The highest BCUT2D eigenvalue weighted by atomic mass is 35.5. The van der Waals surface area contributed by atoms with Crippen LogP contribution in [0.4, 0.5) is 5.69 Å². The van der Waals surface area contributed by atoms with Crippen molar-refractivity contribution in [3.63, 3.8) is 0 Å². The van der Waals surface area contributed by atoms with Crippen LogP contribution in [0.15, 0.2) is 42.5 Å². The van der Waals surface area contributed by atoms with Crippen molar-refractivity contribution < 1.29 is 9.90 Å². The SMILES string of the molecule is NCC#Cc1ccc(Cl)cc1NC(=O)c1cccc(O)c1. The Morgan fingerprint density at radius 1 is 1.29 bits per heavy atom. The molecule has 0 bridgehead atoms. The number of anilines is 1. The summed E-state index contributed by atoms with van der Waals surface area (Å²) in [4.78, 5) is 12.2. The Morgan fingerprint density at radius 3 is 2.81 bits per heavy atom. The first-order valence-electron chi connectivity index (χ1n) is 6.19. The highest BCUT2D eigenvalue weighted by Gasteiger charge is 2.09. The van der Waals surface area contributed by atoms with Crippen molar-refractivity contribution >= 4 is 23.2 Å². The number of amides is 1. The van der Waals surface area contributed by atoms with Gasteiger partial charge in [-0.2, -0.15) is 0 Å². The van der Waals surface area contributed by atoms with Gasteiger partial charge in [-0.15, -0.1) is 0 Å². The fourth-order valence-corrected chi connectivity index (χ4v) is 1.89. The second kappa shape index (κ2) is 6.80. The van der Waals surface area contributed by atoms with Gasteiger partial charge < -0.3 is 16.2 Å². The summed E-state index contributed by atoms with van der Waals surface area (Å²) in [5, 5.41) is 12.6. The Morgan fingerprint density at radius 2 is 2.10 bits per heavy atom. The van der Waals surface area contributed by atoms with Crippen molar-refractivity contribution in [3.8, 4) is 17.6 Å². The van der Waals surface area contributed by atoms with Gasteiger partial charge in [0.1, 0.15) is 5.75 Å². The van der Waals surface area contributed by atoms with E-state index in [0.29, 0.717) is 21.8 Å². The molecule has 1 amide bonds. The Balaban J connectivity index is 2.30. The van der Waals surface area contributed by atoms with Crippen LogP contribution in [0.1, 0.15) is 15.9 Å². The first-order valence-corrected chi connectivity index (χ1v) is 6.57. The quantitative estimate of drug-likeness (QED) is 0.746. The standard InChI is InChI=1S/C16H13ClN2O2/c17-13-7-6-11(4-2-8-18)15(10-13)19-16(21)12-3-1-5-14(20)9-12/h1,3,5-7,9-10,20H,8,18H2,(H,19,21). The van der Waals surface area contributed by atoms with E-state index in [-0.39, 0.29) is 18.2 Å². The van der Waals surface area contributed by atoms with Gasteiger partial charge in [-0.05, 0) is 36.4 Å². The van der Waals surface area contributed by atoms with E-state index < -0.39 is 0 Å². The maximum absolute atomic E-state index is 12.2. The van der Waals surface area contributed by atoms with Crippen LogP contribution in [0.5, 0.6) is 5.75 Å². The first-order chi connectivity index (χ1) is 10.1. The van der Waals surface area contributed by atoms with E-state index in [1.807, 2.05) is 0 Å². The van der Waals surface area contributed by atoms with Crippen molar-refractivity contribution in [1.82, 2.24) is 0 Å². The van der Waals surface area contributed by atoms with Gasteiger partial charge >= 0.3 is 0 Å². The Bertz CT molecular complexity index is 733. The molecule has 21 heavy (non-hydrogen) atoms. The molecule has 0 atom stereocenters. The van der Waals surface area contributed by atoms with Crippen LogP contribution >= 0.6 is 11.6 Å². The number of carbonyl (C=O) groups excluding carboxylic acids is 1. The minimum atomic E-state index is -0.357. The predicted octanol–water partition coefficient (Wildman–Crippen LogP) is 2.61. The largest absolute Gasteiger partial charge is 0.508 e. The second-order valence-corrected chi connectivity index (χ2v) is 4.64. The van der Waals surface area contributed by atoms with Crippen molar-refractivity contribution in [2.75, 3.05) is 11.9 Å². The van der Waals surface area contributed by atoms with Crippen molar-refractivity contribution in [3.05, 3.63) is 58.6 Å². The van der Waals surface area contributed by atoms with Crippen LogP contribution in [-0.4, -0.2) is 17.6 Å². The van der Waals surface area contributed by atoms with Crippen LogP contribution in [0.3, 0.4) is 0 Å². The third-order valence-corrected chi connectivity index (χ3v) is 2.90. The highest BCUT2D eigenvalue weighted by molar-refractivity contribution is 6.31. The van der Waals surface area contributed by atoms with Crippen LogP contribution in [0.2, 0.25) is 5.02 Å². The summed E-state index contributed by atoms with van der Waals surface area (Å²) in [6.07, 6.45) is 0. The predicted molar refractivity (Wildman–Crippen MR) is 83.4 cm³/mol. The molecule has 4 nitrogen and oxygen atoms in total. The Hall–Kier alpha value is -2.48. The second-order valence-electron chi connectivity index (χ2n) is 4.20. The number of benzene rings is 2. The van der Waals surface area contributed by atoms with Gasteiger partial charge in [0, 0.05) is 16.1 Å². The maximum Gasteiger partial charge on any atom is 0.255 e. The average Bonchev–Trinajstić information content (AvgIpc) is 2.46. The molecule has 0 aliphatic rings. The number of phenolic OH excluding ortho intramolecular Hbond substituents is 1. The van der Waals surface area contributed by atoms with Gasteiger partial charge in [-0.3, -0.25) is 4.79 Å². The number of halogens is 1. The molecule has 0 unspecified atom stereocenters. The van der Waals surface area contributed by atoms with Gasteiger partial charge in [-0.1, -0.05) is 29.5 Å². The lowest BCUT2D eigenvalue weighted by Gasteiger charge is -2.08. The zero-order valence-electron chi connectivity index (χ0n) is 11.1. The van der Waals surface area contributed by atoms with E-state index in [2.05, 4.69) is 17.2 Å². The highest BCUT2D eigenvalue weighted by Crippen LogP contribution is 2.21. The van der Waals surface area contributed by atoms with E-state index in [9.17, 15) is 9.90 Å². The molecule has 2 aromatic rings. The summed E-state index contributed by atoms with van der Waals surface area (Å²) in [5.41, 5.74) is 6.81. The molecule has 4 N–H and O–H groups in total. The molecule has 0 heterocycles.